The third-order valence-corrected chi connectivity index (χ3v) is 4.96. The Labute approximate surface area is 145 Å². The average Bonchev–Trinajstić information content (AvgIpc) is 2.94. The van der Waals surface area contributed by atoms with Gasteiger partial charge in [-0.1, -0.05) is 11.3 Å². The van der Waals surface area contributed by atoms with E-state index in [0.717, 1.165) is 30.7 Å². The number of thiazole rings is 1. The summed E-state index contributed by atoms with van der Waals surface area (Å²) in [5.41, 5.74) is 0.563. The topological polar surface area (TPSA) is 95.3 Å². The average molecular weight is 350 g/mol. The molecule has 0 spiro atoms. The van der Waals surface area contributed by atoms with Crippen LogP contribution in [-0.2, 0) is 9.53 Å². The number of nitrogens with zero attached hydrogens (tertiary/aromatic N) is 3. The molecule has 0 saturated carbocycles. The SMILES string of the molecule is CCOC(=O)c1sc(NC(=O)C2CCCN(CCC#N)C2)nc1C. The molecule has 1 unspecified atom stereocenters. The first-order chi connectivity index (χ1) is 11.5. The molecule has 1 amide bonds. The molecule has 0 radical (unpaired) electrons. The van der Waals surface area contributed by atoms with Crippen LogP contribution in [0.3, 0.4) is 0 Å². The van der Waals surface area contributed by atoms with Gasteiger partial charge in [-0.3, -0.25) is 4.79 Å². The molecule has 0 aliphatic carbocycles. The summed E-state index contributed by atoms with van der Waals surface area (Å²) >= 11 is 1.14. The second kappa shape index (κ2) is 8.76. The number of amides is 1. The predicted molar refractivity (Wildman–Crippen MR) is 90.8 cm³/mol. The molecular formula is C16H22N4O3S. The third kappa shape index (κ3) is 4.76. The normalized spacial score (nSPS) is 18.0. The molecule has 7 nitrogen and oxygen atoms in total. The number of nitrogens with one attached hydrogen (secondary N) is 1. The molecule has 1 aromatic rings. The van der Waals surface area contributed by atoms with Crippen molar-refractivity contribution in [2.75, 3.05) is 31.6 Å². The van der Waals surface area contributed by atoms with Gasteiger partial charge in [0.25, 0.3) is 0 Å². The molecule has 1 saturated heterocycles. The molecule has 2 rings (SSSR count). The second-order valence-corrected chi connectivity index (χ2v) is 6.69. The smallest absolute Gasteiger partial charge is 0.350 e. The van der Waals surface area contributed by atoms with Crippen molar-refractivity contribution in [2.24, 2.45) is 5.92 Å². The standard InChI is InChI=1S/C16H22N4O3S/c1-3-23-15(22)13-11(2)18-16(24-13)19-14(21)12-6-4-8-20(10-12)9-5-7-17/h12H,3-6,8-10H2,1-2H3,(H,18,19,21). The van der Waals surface area contributed by atoms with E-state index in [1.165, 1.54) is 0 Å². The van der Waals surface area contributed by atoms with Crippen LogP contribution in [0.2, 0.25) is 0 Å². The van der Waals surface area contributed by atoms with Gasteiger partial charge in [-0.2, -0.15) is 5.26 Å². The number of hydrogen-bond donors (Lipinski definition) is 1. The van der Waals surface area contributed by atoms with Gasteiger partial charge in [-0.05, 0) is 33.2 Å². The maximum Gasteiger partial charge on any atom is 0.350 e. The van der Waals surface area contributed by atoms with Gasteiger partial charge in [-0.15, -0.1) is 0 Å². The molecular weight excluding hydrogens is 328 g/mol. The number of carbonyl (C=O) groups is 2. The van der Waals surface area contributed by atoms with Crippen LogP contribution in [0.4, 0.5) is 5.13 Å². The second-order valence-electron chi connectivity index (χ2n) is 5.69. The van der Waals surface area contributed by atoms with Gasteiger partial charge in [-0.25, -0.2) is 9.78 Å². The number of hydrogen-bond acceptors (Lipinski definition) is 7. The highest BCUT2D eigenvalue weighted by molar-refractivity contribution is 7.17. The first-order valence-corrected chi connectivity index (χ1v) is 8.91. The van der Waals surface area contributed by atoms with Crippen LogP contribution in [0.5, 0.6) is 0 Å². The van der Waals surface area contributed by atoms with E-state index in [1.807, 2.05) is 0 Å². The molecule has 0 aromatic carbocycles. The van der Waals surface area contributed by atoms with Gasteiger partial charge in [0.15, 0.2) is 5.13 Å². The Balaban J connectivity index is 1.95. The number of nitriles is 1. The van der Waals surface area contributed by atoms with Crippen LogP contribution in [0.25, 0.3) is 0 Å². The number of likely N-dealkylation sites (tertiary alicyclic amines) is 1. The van der Waals surface area contributed by atoms with Crippen LogP contribution in [0, 0.1) is 24.2 Å². The lowest BCUT2D eigenvalue weighted by molar-refractivity contribution is -0.121. The Morgan fingerprint density at radius 2 is 2.33 bits per heavy atom. The van der Waals surface area contributed by atoms with Crippen molar-refractivity contribution in [3.8, 4) is 6.07 Å². The predicted octanol–water partition coefficient (Wildman–Crippen LogP) is 2.19. The largest absolute Gasteiger partial charge is 0.462 e. The molecule has 1 N–H and O–H groups in total. The third-order valence-electron chi connectivity index (χ3n) is 3.90. The lowest BCUT2D eigenvalue weighted by Crippen LogP contribution is -2.41. The highest BCUT2D eigenvalue weighted by Gasteiger charge is 2.27. The minimum atomic E-state index is -0.409. The van der Waals surface area contributed by atoms with Crippen LogP contribution in [-0.4, -0.2) is 48.0 Å². The zero-order valence-corrected chi connectivity index (χ0v) is 14.8. The number of carbonyl (C=O) groups excluding carboxylic acids is 2. The highest BCUT2D eigenvalue weighted by atomic mass is 32.1. The van der Waals surface area contributed by atoms with Gasteiger partial charge >= 0.3 is 5.97 Å². The number of rotatable bonds is 6. The van der Waals surface area contributed by atoms with Crippen LogP contribution < -0.4 is 5.32 Å². The monoisotopic (exact) mass is 350 g/mol. The fraction of sp³-hybridized carbons (Fsp3) is 0.625. The van der Waals surface area contributed by atoms with E-state index >= 15 is 0 Å². The summed E-state index contributed by atoms with van der Waals surface area (Å²) in [6.07, 6.45) is 2.24. The maximum atomic E-state index is 12.5. The lowest BCUT2D eigenvalue weighted by atomic mass is 9.97. The minimum Gasteiger partial charge on any atom is -0.462 e. The summed E-state index contributed by atoms with van der Waals surface area (Å²) in [6.45, 7) is 6.06. The van der Waals surface area contributed by atoms with Crippen molar-refractivity contribution in [3.63, 3.8) is 0 Å². The summed E-state index contributed by atoms with van der Waals surface area (Å²) < 4.78 is 4.98. The van der Waals surface area contributed by atoms with E-state index in [0.29, 0.717) is 41.8 Å². The van der Waals surface area contributed by atoms with Crippen molar-refractivity contribution < 1.29 is 14.3 Å². The zero-order valence-electron chi connectivity index (χ0n) is 14.0. The Morgan fingerprint density at radius 3 is 3.04 bits per heavy atom. The molecule has 1 atom stereocenters. The summed E-state index contributed by atoms with van der Waals surface area (Å²) in [5, 5.41) is 11.9. The van der Waals surface area contributed by atoms with Crippen molar-refractivity contribution in [3.05, 3.63) is 10.6 Å². The van der Waals surface area contributed by atoms with Gasteiger partial charge < -0.3 is 15.0 Å². The first-order valence-electron chi connectivity index (χ1n) is 8.09. The Kier molecular flexibility index (Phi) is 6.70. The molecule has 130 valence electrons. The molecule has 1 aliphatic rings. The molecule has 1 aliphatic heterocycles. The maximum absolute atomic E-state index is 12.5. The van der Waals surface area contributed by atoms with Gasteiger partial charge in [0.2, 0.25) is 5.91 Å². The van der Waals surface area contributed by atoms with Gasteiger partial charge in [0.1, 0.15) is 4.88 Å². The molecule has 24 heavy (non-hydrogen) atoms. The summed E-state index contributed by atoms with van der Waals surface area (Å²) in [7, 11) is 0. The molecule has 1 fully saturated rings. The highest BCUT2D eigenvalue weighted by Crippen LogP contribution is 2.25. The van der Waals surface area contributed by atoms with Crippen molar-refractivity contribution >= 4 is 28.3 Å². The quantitative estimate of drug-likeness (QED) is 0.790. The molecule has 2 heterocycles. The Morgan fingerprint density at radius 1 is 1.54 bits per heavy atom. The number of piperidine rings is 1. The van der Waals surface area contributed by atoms with Crippen LogP contribution in [0.15, 0.2) is 0 Å². The van der Waals surface area contributed by atoms with Crippen LogP contribution in [0.1, 0.15) is 41.6 Å². The van der Waals surface area contributed by atoms with Gasteiger partial charge in [0, 0.05) is 19.5 Å². The first kappa shape index (κ1) is 18.4. The minimum absolute atomic E-state index is 0.0826. The van der Waals surface area contributed by atoms with Crippen molar-refractivity contribution in [1.82, 2.24) is 9.88 Å². The Bertz CT molecular complexity index is 638. The zero-order chi connectivity index (χ0) is 17.5. The van der Waals surface area contributed by atoms with E-state index in [4.69, 9.17) is 10.00 Å². The van der Waals surface area contributed by atoms with E-state index in [-0.39, 0.29) is 11.8 Å². The number of esters is 1. The molecule has 8 heteroatoms. The van der Waals surface area contributed by atoms with E-state index in [2.05, 4.69) is 21.3 Å². The van der Waals surface area contributed by atoms with E-state index in [9.17, 15) is 9.59 Å². The van der Waals surface area contributed by atoms with Gasteiger partial charge in [0.05, 0.1) is 24.3 Å². The summed E-state index contributed by atoms with van der Waals surface area (Å²) in [6, 6.07) is 2.13. The fourth-order valence-electron chi connectivity index (χ4n) is 2.72. The van der Waals surface area contributed by atoms with Crippen LogP contribution >= 0.6 is 11.3 Å². The molecule has 0 bridgehead atoms. The summed E-state index contributed by atoms with van der Waals surface area (Å²) in [5.74, 6) is -0.609. The molecule has 1 aromatic heterocycles. The number of ether oxygens (including phenoxy) is 1. The van der Waals surface area contributed by atoms with E-state index < -0.39 is 5.97 Å². The summed E-state index contributed by atoms with van der Waals surface area (Å²) in [4.78, 5) is 31.1. The van der Waals surface area contributed by atoms with Crippen molar-refractivity contribution in [2.45, 2.75) is 33.1 Å². The Hall–Kier alpha value is -1.98. The van der Waals surface area contributed by atoms with E-state index in [1.54, 1.807) is 13.8 Å². The lowest BCUT2D eigenvalue weighted by Gasteiger charge is -2.31. The number of aryl methyl sites for hydroxylation is 1. The fourth-order valence-corrected chi connectivity index (χ4v) is 3.59. The number of aromatic nitrogens is 1. The van der Waals surface area contributed by atoms with Crippen molar-refractivity contribution in [1.29, 1.82) is 5.26 Å². The number of anilines is 1.